The fourth-order valence-corrected chi connectivity index (χ4v) is 5.47. The zero-order valence-corrected chi connectivity index (χ0v) is 15.2. The molecule has 0 bridgehead atoms. The molecule has 2 fully saturated rings. The summed E-state index contributed by atoms with van der Waals surface area (Å²) in [6.07, 6.45) is -2.33. The molecule has 0 aromatic heterocycles. The van der Waals surface area contributed by atoms with Crippen LogP contribution in [0.5, 0.6) is 0 Å². The summed E-state index contributed by atoms with van der Waals surface area (Å²) in [5.41, 5.74) is 5.48. The second kappa shape index (κ2) is 6.45. The highest BCUT2D eigenvalue weighted by Gasteiger charge is 2.72. The van der Waals surface area contributed by atoms with E-state index in [0.717, 1.165) is 4.90 Å². The van der Waals surface area contributed by atoms with Crippen molar-refractivity contribution in [1.29, 1.82) is 0 Å². The number of nitrogens with two attached hydrogens (primary N) is 1. The maximum absolute atomic E-state index is 12.7. The van der Waals surface area contributed by atoms with Crippen LogP contribution in [-0.4, -0.2) is 67.0 Å². The van der Waals surface area contributed by atoms with Gasteiger partial charge in [-0.3, -0.25) is 4.79 Å². The van der Waals surface area contributed by atoms with Crippen LogP contribution in [0.3, 0.4) is 0 Å². The lowest BCUT2D eigenvalue weighted by Crippen LogP contribution is -2.65. The van der Waals surface area contributed by atoms with E-state index in [1.54, 1.807) is 6.92 Å². The Hall–Kier alpha value is -1.88. The second-order valence-electron chi connectivity index (χ2n) is 6.33. The van der Waals surface area contributed by atoms with E-state index in [4.69, 9.17) is 15.2 Å². The summed E-state index contributed by atoms with van der Waals surface area (Å²) in [6, 6.07) is -1.34. The number of hydrogen-bond acceptors (Lipinski definition) is 9. The lowest BCUT2D eigenvalue weighted by atomic mass is 9.92. The molecule has 2 saturated heterocycles. The van der Waals surface area contributed by atoms with Gasteiger partial charge in [0.25, 0.3) is 0 Å². The molecular formula is C14H22N2O8S. The highest BCUT2D eigenvalue weighted by molar-refractivity contribution is 7.93. The lowest BCUT2D eigenvalue weighted by Gasteiger charge is -2.42. The maximum atomic E-state index is 12.7. The molecule has 2 aliphatic rings. The van der Waals surface area contributed by atoms with Crippen molar-refractivity contribution in [2.24, 2.45) is 11.7 Å². The van der Waals surface area contributed by atoms with E-state index in [1.165, 1.54) is 20.8 Å². The van der Waals surface area contributed by atoms with Gasteiger partial charge in [-0.15, -0.1) is 0 Å². The van der Waals surface area contributed by atoms with Crippen molar-refractivity contribution in [3.63, 3.8) is 0 Å². The van der Waals surface area contributed by atoms with Crippen molar-refractivity contribution >= 4 is 27.9 Å². The van der Waals surface area contributed by atoms with Crippen molar-refractivity contribution in [2.45, 2.75) is 50.1 Å². The van der Waals surface area contributed by atoms with E-state index in [9.17, 15) is 22.8 Å². The van der Waals surface area contributed by atoms with Gasteiger partial charge in [0.15, 0.2) is 9.84 Å². The lowest BCUT2D eigenvalue weighted by molar-refractivity contribution is -0.181. The van der Waals surface area contributed by atoms with Gasteiger partial charge in [0, 0.05) is 13.5 Å². The Labute approximate surface area is 145 Å². The van der Waals surface area contributed by atoms with E-state index < -0.39 is 56.2 Å². The van der Waals surface area contributed by atoms with Gasteiger partial charge >= 0.3 is 12.1 Å². The SMILES string of the molecule is CCOC(=O)O[C@H](C)OC(=O)[C@@H]1N2C(=O)[C@H](CN)[C@H]2S(=O)(=O)C1(C)C. The third-order valence-corrected chi connectivity index (χ3v) is 7.34. The monoisotopic (exact) mass is 378 g/mol. The number of ether oxygens (including phenoxy) is 3. The molecule has 0 aliphatic carbocycles. The molecule has 0 spiro atoms. The average Bonchev–Trinajstić information content (AvgIpc) is 2.62. The van der Waals surface area contributed by atoms with Gasteiger partial charge in [0.05, 0.1) is 17.3 Å². The van der Waals surface area contributed by atoms with Crippen molar-refractivity contribution in [2.75, 3.05) is 13.2 Å². The first-order valence-electron chi connectivity index (χ1n) is 7.80. The molecule has 11 heteroatoms. The molecule has 0 unspecified atom stereocenters. The van der Waals surface area contributed by atoms with Crippen LogP contribution in [0.4, 0.5) is 4.79 Å². The van der Waals surface area contributed by atoms with Crippen LogP contribution in [0.2, 0.25) is 0 Å². The fourth-order valence-electron chi connectivity index (χ4n) is 3.15. The summed E-state index contributed by atoms with van der Waals surface area (Å²) in [5, 5.41) is -1.14. The number of nitrogens with zero attached hydrogens (tertiary/aromatic N) is 1. The number of fused-ring (bicyclic) bond motifs is 1. The third-order valence-electron chi connectivity index (χ3n) is 4.46. The quantitative estimate of drug-likeness (QED) is 0.376. The van der Waals surface area contributed by atoms with Crippen LogP contribution in [0.25, 0.3) is 0 Å². The molecule has 2 rings (SSSR count). The van der Waals surface area contributed by atoms with E-state index in [-0.39, 0.29) is 13.2 Å². The standard InChI is InChI=1S/C14H22N2O8S/c1-5-22-13(19)24-7(2)23-12(18)9-14(3,4)25(20,21)11-8(6-15)10(17)16(9)11/h7-9,11H,5-6,15H2,1-4H3/t7-,8+,9+,11-/m1/s1. The predicted octanol–water partition coefficient (Wildman–Crippen LogP) is -0.632. The van der Waals surface area contributed by atoms with Crippen molar-refractivity contribution in [3.05, 3.63) is 0 Å². The second-order valence-corrected chi connectivity index (χ2v) is 8.96. The number of rotatable bonds is 5. The summed E-state index contributed by atoms with van der Waals surface area (Å²) < 4.78 is 38.1. The zero-order chi connectivity index (χ0) is 19.2. The Balaban J connectivity index is 2.19. The maximum Gasteiger partial charge on any atom is 0.511 e. The van der Waals surface area contributed by atoms with Crippen molar-refractivity contribution in [1.82, 2.24) is 4.90 Å². The molecule has 2 heterocycles. The first-order valence-corrected chi connectivity index (χ1v) is 9.34. The van der Waals surface area contributed by atoms with Crippen LogP contribution < -0.4 is 5.73 Å². The van der Waals surface area contributed by atoms with Gasteiger partial charge in [-0.2, -0.15) is 0 Å². The number of β-lactam (4-membered cyclic amide) rings is 1. The fraction of sp³-hybridized carbons (Fsp3) is 0.786. The minimum Gasteiger partial charge on any atom is -0.435 e. The predicted molar refractivity (Wildman–Crippen MR) is 83.6 cm³/mol. The minimum absolute atomic E-state index is 0.0812. The number of carbonyl (C=O) groups is 3. The number of amides is 1. The van der Waals surface area contributed by atoms with Gasteiger partial charge in [-0.1, -0.05) is 0 Å². The van der Waals surface area contributed by atoms with Gasteiger partial charge < -0.3 is 24.8 Å². The molecule has 0 aromatic rings. The molecule has 2 aliphatic heterocycles. The molecule has 2 N–H and O–H groups in total. The summed E-state index contributed by atoms with van der Waals surface area (Å²) in [6.45, 7) is 5.52. The molecular weight excluding hydrogens is 356 g/mol. The largest absolute Gasteiger partial charge is 0.511 e. The molecule has 4 atom stereocenters. The first-order chi connectivity index (χ1) is 11.5. The Bertz CT molecular complexity index is 689. The number of hydrogen-bond donors (Lipinski definition) is 1. The van der Waals surface area contributed by atoms with E-state index in [0.29, 0.717) is 0 Å². The van der Waals surface area contributed by atoms with E-state index in [1.807, 2.05) is 0 Å². The number of carbonyl (C=O) groups excluding carboxylic acids is 3. The molecule has 0 saturated carbocycles. The number of esters is 1. The first kappa shape index (κ1) is 19.4. The van der Waals surface area contributed by atoms with Crippen molar-refractivity contribution in [3.8, 4) is 0 Å². The van der Waals surface area contributed by atoms with Gasteiger partial charge in [0.2, 0.25) is 12.2 Å². The molecule has 0 radical (unpaired) electrons. The topological polar surface area (TPSA) is 142 Å². The summed E-state index contributed by atoms with van der Waals surface area (Å²) in [5.74, 6) is -2.35. The smallest absolute Gasteiger partial charge is 0.435 e. The molecule has 25 heavy (non-hydrogen) atoms. The highest BCUT2D eigenvalue weighted by atomic mass is 32.2. The Morgan fingerprint density at radius 1 is 1.32 bits per heavy atom. The molecule has 0 aromatic carbocycles. The Kier molecular flexibility index (Phi) is 5.01. The minimum atomic E-state index is -3.83. The van der Waals surface area contributed by atoms with Crippen LogP contribution in [-0.2, 0) is 33.6 Å². The third kappa shape index (κ3) is 2.84. The normalized spacial score (nSPS) is 30.0. The van der Waals surface area contributed by atoms with Gasteiger partial charge in [-0.25, -0.2) is 18.0 Å². The van der Waals surface area contributed by atoms with Gasteiger partial charge in [0.1, 0.15) is 11.4 Å². The summed E-state index contributed by atoms with van der Waals surface area (Å²) in [7, 11) is -3.83. The zero-order valence-electron chi connectivity index (χ0n) is 14.4. The van der Waals surface area contributed by atoms with Crippen LogP contribution >= 0.6 is 0 Å². The Morgan fingerprint density at radius 2 is 1.92 bits per heavy atom. The summed E-state index contributed by atoms with van der Waals surface area (Å²) >= 11 is 0. The summed E-state index contributed by atoms with van der Waals surface area (Å²) in [4.78, 5) is 36.9. The van der Waals surface area contributed by atoms with Gasteiger partial charge in [-0.05, 0) is 20.8 Å². The molecule has 142 valence electrons. The van der Waals surface area contributed by atoms with Crippen molar-refractivity contribution < 1.29 is 37.0 Å². The van der Waals surface area contributed by atoms with E-state index in [2.05, 4.69) is 4.74 Å². The molecule has 1 amide bonds. The highest BCUT2D eigenvalue weighted by Crippen LogP contribution is 2.48. The average molecular weight is 378 g/mol. The van der Waals surface area contributed by atoms with E-state index >= 15 is 0 Å². The molecule has 10 nitrogen and oxygen atoms in total. The Morgan fingerprint density at radius 3 is 2.44 bits per heavy atom. The van der Waals surface area contributed by atoms with Crippen LogP contribution in [0.1, 0.15) is 27.7 Å². The number of sulfone groups is 1. The van der Waals surface area contributed by atoms with Crippen LogP contribution in [0.15, 0.2) is 0 Å². The van der Waals surface area contributed by atoms with Crippen LogP contribution in [0, 0.1) is 5.92 Å².